The molecule has 0 spiro atoms. The minimum Gasteiger partial charge on any atom is -0.379 e. The van der Waals surface area contributed by atoms with Crippen molar-refractivity contribution in [3.05, 3.63) is 12.3 Å². The Morgan fingerprint density at radius 3 is 2.36 bits per heavy atom. The molecular weight excluding hydrogens is 174 g/mol. The number of hydrogen-bond donors (Lipinski definition) is 0. The summed E-state index contributed by atoms with van der Waals surface area (Å²) in [7, 11) is 2.03. The van der Waals surface area contributed by atoms with E-state index in [9.17, 15) is 4.79 Å². The summed E-state index contributed by atoms with van der Waals surface area (Å²) in [4.78, 5) is 13.4. The first kappa shape index (κ1) is 13.2. The van der Waals surface area contributed by atoms with Crippen LogP contribution in [0.1, 0.15) is 40.0 Å². The van der Waals surface area contributed by atoms with Gasteiger partial charge in [-0.05, 0) is 19.8 Å². The lowest BCUT2D eigenvalue weighted by Crippen LogP contribution is -2.17. The molecule has 0 fully saturated rings. The molecule has 0 aromatic rings. The van der Waals surface area contributed by atoms with Crippen LogP contribution < -0.4 is 0 Å². The molecule has 0 N–H and O–H groups in total. The van der Waals surface area contributed by atoms with Gasteiger partial charge in [-0.2, -0.15) is 0 Å². The van der Waals surface area contributed by atoms with E-state index in [1.807, 2.05) is 27.8 Å². The van der Waals surface area contributed by atoms with E-state index in [-0.39, 0.29) is 5.92 Å². The predicted molar refractivity (Wildman–Crippen MR) is 61.1 cm³/mol. The quantitative estimate of drug-likeness (QED) is 0.585. The van der Waals surface area contributed by atoms with Gasteiger partial charge in [0, 0.05) is 31.6 Å². The number of allylic oxidation sites excluding steroid dienone is 1. The molecule has 0 aromatic carbocycles. The van der Waals surface area contributed by atoms with Crippen LogP contribution in [0.4, 0.5) is 0 Å². The van der Waals surface area contributed by atoms with E-state index in [4.69, 9.17) is 0 Å². The van der Waals surface area contributed by atoms with Gasteiger partial charge in [-0.1, -0.05) is 20.4 Å². The molecule has 0 atom stereocenters. The smallest absolute Gasteiger partial charge is 0.135 e. The summed E-state index contributed by atoms with van der Waals surface area (Å²) in [5.41, 5.74) is 1.08. The Labute approximate surface area is 88.0 Å². The summed E-state index contributed by atoms with van der Waals surface area (Å²) in [5, 5.41) is 0. The second kappa shape index (κ2) is 6.63. The number of rotatable bonds is 7. The Kier molecular flexibility index (Phi) is 6.26. The van der Waals surface area contributed by atoms with Crippen molar-refractivity contribution in [3.63, 3.8) is 0 Å². The van der Waals surface area contributed by atoms with Crippen molar-refractivity contribution < 1.29 is 4.79 Å². The van der Waals surface area contributed by atoms with Crippen LogP contribution in [-0.2, 0) is 4.79 Å². The van der Waals surface area contributed by atoms with Crippen molar-refractivity contribution in [1.82, 2.24) is 4.90 Å². The first-order chi connectivity index (χ1) is 6.45. The number of carbonyl (C=O) groups is 1. The normalized spacial score (nSPS) is 10.4. The summed E-state index contributed by atoms with van der Waals surface area (Å²) in [6.45, 7) is 10.8. The monoisotopic (exact) mass is 197 g/mol. The van der Waals surface area contributed by atoms with Gasteiger partial charge in [0.2, 0.25) is 0 Å². The van der Waals surface area contributed by atoms with Crippen LogP contribution in [0.5, 0.6) is 0 Å². The molecule has 0 bridgehead atoms. The molecule has 0 aliphatic heterocycles. The largest absolute Gasteiger partial charge is 0.379 e. The first-order valence-corrected chi connectivity index (χ1v) is 5.34. The van der Waals surface area contributed by atoms with E-state index in [0.29, 0.717) is 5.78 Å². The Bertz CT molecular complexity index is 196. The van der Waals surface area contributed by atoms with E-state index in [2.05, 4.69) is 11.5 Å². The summed E-state index contributed by atoms with van der Waals surface area (Å²) in [6.07, 6.45) is 2.79. The van der Waals surface area contributed by atoms with Gasteiger partial charge in [0.1, 0.15) is 5.78 Å². The van der Waals surface area contributed by atoms with Crippen LogP contribution in [-0.4, -0.2) is 24.3 Å². The fourth-order valence-corrected chi connectivity index (χ4v) is 1.13. The number of hydrogen-bond acceptors (Lipinski definition) is 2. The molecule has 0 rings (SSSR count). The number of nitrogens with zero attached hydrogens (tertiary/aromatic N) is 1. The van der Waals surface area contributed by atoms with E-state index >= 15 is 0 Å². The van der Waals surface area contributed by atoms with Gasteiger partial charge in [0.25, 0.3) is 0 Å². The number of Topliss-reactive ketones (excluding diaryl/α,β-unsaturated/α-hetero) is 1. The van der Waals surface area contributed by atoms with Gasteiger partial charge >= 0.3 is 0 Å². The Morgan fingerprint density at radius 2 is 1.93 bits per heavy atom. The maximum Gasteiger partial charge on any atom is 0.135 e. The minimum absolute atomic E-state index is 0.189. The second-order valence-corrected chi connectivity index (χ2v) is 4.23. The number of unbranched alkanes of at least 4 members (excludes halogenated alkanes) is 1. The van der Waals surface area contributed by atoms with Crippen LogP contribution in [0.15, 0.2) is 12.3 Å². The molecule has 0 heterocycles. The number of ketones is 1. The van der Waals surface area contributed by atoms with Gasteiger partial charge in [-0.25, -0.2) is 0 Å². The predicted octanol–water partition coefficient (Wildman–Crippen LogP) is 2.85. The maximum atomic E-state index is 11.3. The third-order valence-corrected chi connectivity index (χ3v) is 2.46. The van der Waals surface area contributed by atoms with Crippen molar-refractivity contribution in [2.45, 2.75) is 40.0 Å². The third-order valence-electron chi connectivity index (χ3n) is 2.46. The molecule has 0 aliphatic rings. The molecule has 0 aliphatic carbocycles. The fraction of sp³-hybridized carbons (Fsp3) is 0.750. The standard InChI is InChI=1S/C12H23NO/c1-10(2)12(14)8-6-7-9-13(5)11(3)4/h10H,3,6-9H2,1-2,4-5H3. The SMILES string of the molecule is C=C(C)N(C)CCCCC(=O)C(C)C. The van der Waals surface area contributed by atoms with Crippen LogP contribution in [0.25, 0.3) is 0 Å². The molecule has 0 amide bonds. The third kappa shape index (κ3) is 5.79. The Balaban J connectivity index is 3.47. The highest BCUT2D eigenvalue weighted by molar-refractivity contribution is 5.80. The lowest BCUT2D eigenvalue weighted by molar-refractivity contribution is -0.122. The van der Waals surface area contributed by atoms with Gasteiger partial charge < -0.3 is 4.90 Å². The zero-order valence-corrected chi connectivity index (χ0v) is 9.97. The lowest BCUT2D eigenvalue weighted by atomic mass is 10.0. The second-order valence-electron chi connectivity index (χ2n) is 4.23. The van der Waals surface area contributed by atoms with Gasteiger partial charge in [0.05, 0.1) is 0 Å². The summed E-state index contributed by atoms with van der Waals surface area (Å²) >= 11 is 0. The fourth-order valence-electron chi connectivity index (χ4n) is 1.13. The highest BCUT2D eigenvalue weighted by atomic mass is 16.1. The molecule has 2 heteroatoms. The van der Waals surface area contributed by atoms with Crippen molar-refractivity contribution >= 4 is 5.78 Å². The zero-order valence-electron chi connectivity index (χ0n) is 9.97. The minimum atomic E-state index is 0.189. The van der Waals surface area contributed by atoms with Crippen molar-refractivity contribution in [2.75, 3.05) is 13.6 Å². The maximum absolute atomic E-state index is 11.3. The van der Waals surface area contributed by atoms with Crippen molar-refractivity contribution in [1.29, 1.82) is 0 Å². The van der Waals surface area contributed by atoms with E-state index in [1.54, 1.807) is 0 Å². The molecule has 82 valence electrons. The average Bonchev–Trinajstić information content (AvgIpc) is 2.11. The molecule has 2 nitrogen and oxygen atoms in total. The summed E-state index contributed by atoms with van der Waals surface area (Å²) < 4.78 is 0. The summed E-state index contributed by atoms with van der Waals surface area (Å²) in [5.74, 6) is 0.567. The number of carbonyl (C=O) groups excluding carboxylic acids is 1. The van der Waals surface area contributed by atoms with Crippen LogP contribution in [0.3, 0.4) is 0 Å². The topological polar surface area (TPSA) is 20.3 Å². The average molecular weight is 197 g/mol. The van der Waals surface area contributed by atoms with Crippen LogP contribution in [0, 0.1) is 5.92 Å². The molecule has 0 saturated carbocycles. The molecule has 14 heavy (non-hydrogen) atoms. The highest BCUT2D eigenvalue weighted by Crippen LogP contribution is 2.06. The molecular formula is C12H23NO. The van der Waals surface area contributed by atoms with Crippen LogP contribution in [0.2, 0.25) is 0 Å². The summed E-state index contributed by atoms with van der Waals surface area (Å²) in [6, 6.07) is 0. The Hall–Kier alpha value is -0.790. The molecule has 0 aromatic heterocycles. The first-order valence-electron chi connectivity index (χ1n) is 5.34. The van der Waals surface area contributed by atoms with Gasteiger partial charge in [0.15, 0.2) is 0 Å². The molecule has 0 saturated heterocycles. The van der Waals surface area contributed by atoms with Crippen molar-refractivity contribution in [3.8, 4) is 0 Å². The van der Waals surface area contributed by atoms with E-state index in [0.717, 1.165) is 31.5 Å². The molecule has 0 radical (unpaired) electrons. The Morgan fingerprint density at radius 1 is 1.36 bits per heavy atom. The molecule has 0 unspecified atom stereocenters. The van der Waals surface area contributed by atoms with Gasteiger partial charge in [-0.15, -0.1) is 0 Å². The highest BCUT2D eigenvalue weighted by Gasteiger charge is 2.06. The lowest BCUT2D eigenvalue weighted by Gasteiger charge is -2.18. The van der Waals surface area contributed by atoms with Gasteiger partial charge in [-0.3, -0.25) is 4.79 Å². The van der Waals surface area contributed by atoms with E-state index < -0.39 is 0 Å². The van der Waals surface area contributed by atoms with Crippen molar-refractivity contribution in [2.24, 2.45) is 5.92 Å². The van der Waals surface area contributed by atoms with Crippen LogP contribution >= 0.6 is 0 Å². The van der Waals surface area contributed by atoms with E-state index in [1.165, 1.54) is 0 Å². The zero-order chi connectivity index (χ0) is 11.1.